The molecule has 1 saturated heterocycles. The van der Waals surface area contributed by atoms with Crippen molar-refractivity contribution in [1.29, 1.82) is 0 Å². The van der Waals surface area contributed by atoms with Crippen LogP contribution in [-0.2, 0) is 0 Å². The Hall–Kier alpha value is -2.74. The van der Waals surface area contributed by atoms with Crippen molar-refractivity contribution in [3.63, 3.8) is 0 Å². The maximum atomic E-state index is 12.6. The Bertz CT molecular complexity index is 729. The molecule has 1 amide bonds. The van der Waals surface area contributed by atoms with E-state index in [2.05, 4.69) is 10.3 Å². The lowest BCUT2D eigenvalue weighted by Gasteiger charge is -2.34. The number of nitrogens with zero attached hydrogens (tertiary/aromatic N) is 4. The Labute approximate surface area is 132 Å². The number of piperazine rings is 1. The lowest BCUT2D eigenvalue weighted by atomic mass is 10.1. The van der Waals surface area contributed by atoms with Gasteiger partial charge in [-0.05, 0) is 19.1 Å². The molecule has 0 saturated carbocycles. The van der Waals surface area contributed by atoms with E-state index >= 15 is 0 Å². The summed E-state index contributed by atoms with van der Waals surface area (Å²) in [5.41, 5.74) is 0.600. The molecule has 8 nitrogen and oxygen atoms in total. The van der Waals surface area contributed by atoms with Gasteiger partial charge < -0.3 is 14.8 Å². The van der Waals surface area contributed by atoms with Crippen LogP contribution in [0.3, 0.4) is 0 Å². The molecule has 120 valence electrons. The van der Waals surface area contributed by atoms with E-state index in [1.54, 1.807) is 34.0 Å². The number of carbonyl (C=O) groups is 1. The molecule has 1 atom stereocenters. The van der Waals surface area contributed by atoms with E-state index in [0.717, 1.165) is 13.1 Å². The molecule has 2 heterocycles. The molecule has 1 aliphatic rings. The monoisotopic (exact) mass is 315 g/mol. The predicted octanol–water partition coefficient (Wildman–Crippen LogP) is 1.21. The molecule has 1 aromatic carbocycles. The number of carbonyl (C=O) groups excluding carboxylic acids is 1. The number of hydrogen-bond acceptors (Lipinski definition) is 5. The van der Waals surface area contributed by atoms with E-state index in [0.29, 0.717) is 17.8 Å². The number of hydrogen-bond donors (Lipinski definition) is 1. The highest BCUT2D eigenvalue weighted by Gasteiger charge is 2.26. The van der Waals surface area contributed by atoms with Crippen LogP contribution in [0.1, 0.15) is 17.3 Å². The van der Waals surface area contributed by atoms with E-state index in [9.17, 15) is 14.9 Å². The fourth-order valence-electron chi connectivity index (χ4n) is 2.73. The van der Waals surface area contributed by atoms with Gasteiger partial charge in [0.2, 0.25) is 0 Å². The largest absolute Gasteiger partial charge is 0.333 e. The van der Waals surface area contributed by atoms with Crippen LogP contribution in [0.4, 0.5) is 5.69 Å². The van der Waals surface area contributed by atoms with Crippen LogP contribution in [0.5, 0.6) is 0 Å². The second kappa shape index (κ2) is 6.17. The van der Waals surface area contributed by atoms with Crippen LogP contribution in [-0.4, -0.2) is 51.0 Å². The zero-order valence-electron chi connectivity index (χ0n) is 12.7. The summed E-state index contributed by atoms with van der Waals surface area (Å²) in [5, 5.41) is 14.6. The molecule has 0 bridgehead atoms. The van der Waals surface area contributed by atoms with Gasteiger partial charge in [0.05, 0.1) is 11.3 Å². The van der Waals surface area contributed by atoms with E-state index in [-0.39, 0.29) is 17.6 Å². The number of benzene rings is 1. The van der Waals surface area contributed by atoms with Gasteiger partial charge in [-0.1, -0.05) is 0 Å². The molecule has 1 aromatic heterocycles. The zero-order chi connectivity index (χ0) is 16.4. The summed E-state index contributed by atoms with van der Waals surface area (Å²) in [7, 11) is 0. The van der Waals surface area contributed by atoms with Crippen LogP contribution in [0.15, 0.2) is 36.9 Å². The highest BCUT2D eigenvalue weighted by Crippen LogP contribution is 2.25. The van der Waals surface area contributed by atoms with Gasteiger partial charge in [0.15, 0.2) is 0 Å². The Morgan fingerprint density at radius 1 is 1.48 bits per heavy atom. The molecule has 8 heteroatoms. The lowest BCUT2D eigenvalue weighted by Crippen LogP contribution is -2.52. The Balaban J connectivity index is 1.96. The third-order valence-corrected chi connectivity index (χ3v) is 3.96. The minimum Gasteiger partial charge on any atom is -0.333 e. The molecule has 0 aliphatic carbocycles. The number of amides is 1. The maximum absolute atomic E-state index is 12.6. The number of nitro benzene ring substituents is 1. The molecule has 1 aliphatic heterocycles. The van der Waals surface area contributed by atoms with Gasteiger partial charge in [0, 0.05) is 49.7 Å². The van der Waals surface area contributed by atoms with Gasteiger partial charge in [-0.15, -0.1) is 0 Å². The van der Waals surface area contributed by atoms with Crippen molar-refractivity contribution >= 4 is 11.6 Å². The van der Waals surface area contributed by atoms with Crippen molar-refractivity contribution in [2.24, 2.45) is 0 Å². The summed E-state index contributed by atoms with van der Waals surface area (Å²) in [6, 6.07) is 4.61. The fourth-order valence-corrected chi connectivity index (χ4v) is 2.73. The number of nitrogens with one attached hydrogen (secondary N) is 1. The molecule has 0 radical (unpaired) electrons. The second-order valence-electron chi connectivity index (χ2n) is 5.48. The lowest BCUT2D eigenvalue weighted by molar-refractivity contribution is -0.384. The van der Waals surface area contributed by atoms with Crippen LogP contribution in [0, 0.1) is 10.1 Å². The molecule has 1 fully saturated rings. The third kappa shape index (κ3) is 2.93. The summed E-state index contributed by atoms with van der Waals surface area (Å²) in [4.78, 5) is 29.2. The molecule has 0 unspecified atom stereocenters. The van der Waals surface area contributed by atoms with Crippen molar-refractivity contribution in [1.82, 2.24) is 19.8 Å². The first-order valence-corrected chi connectivity index (χ1v) is 7.36. The Kier molecular flexibility index (Phi) is 4.07. The molecule has 3 rings (SSSR count). The summed E-state index contributed by atoms with van der Waals surface area (Å²) < 4.78 is 1.56. The van der Waals surface area contributed by atoms with Gasteiger partial charge >= 0.3 is 0 Å². The Morgan fingerprint density at radius 3 is 2.96 bits per heavy atom. The van der Waals surface area contributed by atoms with E-state index in [4.69, 9.17) is 0 Å². The van der Waals surface area contributed by atoms with Gasteiger partial charge in [-0.3, -0.25) is 14.9 Å². The SMILES string of the molecule is C[C@H]1CNCCN1C(=O)c1ccc(-n2ccnc2)c([N+](=O)[O-])c1. The number of aromatic nitrogens is 2. The molecule has 2 aromatic rings. The first kappa shape index (κ1) is 15.2. The minimum atomic E-state index is -0.479. The van der Waals surface area contributed by atoms with Crippen LogP contribution >= 0.6 is 0 Å². The number of nitro groups is 1. The molecular formula is C15H17N5O3. The first-order chi connectivity index (χ1) is 11.1. The van der Waals surface area contributed by atoms with Crippen LogP contribution < -0.4 is 5.32 Å². The third-order valence-electron chi connectivity index (χ3n) is 3.96. The van der Waals surface area contributed by atoms with Gasteiger partial charge in [-0.2, -0.15) is 0 Å². The van der Waals surface area contributed by atoms with Crippen molar-refractivity contribution < 1.29 is 9.72 Å². The Morgan fingerprint density at radius 2 is 2.30 bits per heavy atom. The molecular weight excluding hydrogens is 298 g/mol. The van der Waals surface area contributed by atoms with Crippen molar-refractivity contribution in [2.45, 2.75) is 13.0 Å². The van der Waals surface area contributed by atoms with E-state index in [1.165, 1.54) is 12.4 Å². The average molecular weight is 315 g/mol. The second-order valence-corrected chi connectivity index (χ2v) is 5.48. The summed E-state index contributed by atoms with van der Waals surface area (Å²) >= 11 is 0. The van der Waals surface area contributed by atoms with Gasteiger partial charge in [-0.25, -0.2) is 4.98 Å². The summed E-state index contributed by atoms with van der Waals surface area (Å²) in [6.07, 6.45) is 4.66. The molecule has 1 N–H and O–H groups in total. The number of imidazole rings is 1. The van der Waals surface area contributed by atoms with Gasteiger partial charge in [0.1, 0.15) is 5.69 Å². The summed E-state index contributed by atoms with van der Waals surface area (Å²) in [6.45, 7) is 4.00. The fraction of sp³-hybridized carbons (Fsp3) is 0.333. The highest BCUT2D eigenvalue weighted by molar-refractivity contribution is 5.95. The quantitative estimate of drug-likeness (QED) is 0.679. The van der Waals surface area contributed by atoms with Crippen molar-refractivity contribution in [2.75, 3.05) is 19.6 Å². The topological polar surface area (TPSA) is 93.3 Å². The highest BCUT2D eigenvalue weighted by atomic mass is 16.6. The zero-order valence-corrected chi connectivity index (χ0v) is 12.7. The first-order valence-electron chi connectivity index (χ1n) is 7.36. The van der Waals surface area contributed by atoms with Crippen molar-refractivity contribution in [3.05, 3.63) is 52.6 Å². The number of rotatable bonds is 3. The minimum absolute atomic E-state index is 0.0589. The smallest absolute Gasteiger partial charge is 0.294 e. The average Bonchev–Trinajstić information content (AvgIpc) is 3.08. The predicted molar refractivity (Wildman–Crippen MR) is 83.6 cm³/mol. The van der Waals surface area contributed by atoms with E-state index in [1.807, 2.05) is 6.92 Å². The van der Waals surface area contributed by atoms with Crippen LogP contribution in [0.2, 0.25) is 0 Å². The van der Waals surface area contributed by atoms with Crippen molar-refractivity contribution in [3.8, 4) is 5.69 Å². The van der Waals surface area contributed by atoms with Gasteiger partial charge in [0.25, 0.3) is 11.6 Å². The molecule has 23 heavy (non-hydrogen) atoms. The maximum Gasteiger partial charge on any atom is 0.294 e. The molecule has 0 spiro atoms. The normalized spacial score (nSPS) is 18.0. The standard InChI is InChI=1S/C15H17N5O3/c1-11-9-16-5-7-19(11)15(21)12-2-3-13(14(8-12)20(22)23)18-6-4-17-10-18/h2-4,6,8,10-11,16H,5,7,9H2,1H3/t11-/m0/s1. The van der Waals surface area contributed by atoms with E-state index < -0.39 is 4.92 Å². The van der Waals surface area contributed by atoms with Crippen LogP contribution in [0.25, 0.3) is 5.69 Å². The summed E-state index contributed by atoms with van der Waals surface area (Å²) in [5.74, 6) is -0.181.